The van der Waals surface area contributed by atoms with Gasteiger partial charge in [-0.15, -0.1) is 5.10 Å². The van der Waals surface area contributed by atoms with Crippen molar-refractivity contribution in [3.8, 4) is 0 Å². The lowest BCUT2D eigenvalue weighted by Crippen LogP contribution is -2.11. The number of rotatable bonds is 0. The van der Waals surface area contributed by atoms with E-state index in [4.69, 9.17) is 0 Å². The van der Waals surface area contributed by atoms with Crippen LogP contribution in [0.15, 0.2) is 32.2 Å². The minimum Gasteiger partial charge on any atom is -0.265 e. The van der Waals surface area contributed by atoms with Crippen LogP contribution in [0.4, 0.5) is 0 Å². The van der Waals surface area contributed by atoms with Gasteiger partial charge in [0, 0.05) is 6.20 Å². The first-order valence-electron chi connectivity index (χ1n) is 2.65. The zero-order valence-electron chi connectivity index (χ0n) is 4.85. The minimum absolute atomic E-state index is 0.373. The average Bonchev–Trinajstić information content (AvgIpc) is 2.36. The molecule has 0 spiro atoms. The molecule has 0 bridgehead atoms. The number of carbonyl (C=O) groups excluding carboxylic acids is 1. The highest BCUT2D eigenvalue weighted by Crippen LogP contribution is 2.11. The van der Waals surface area contributed by atoms with E-state index in [-0.39, 0.29) is 5.91 Å². The van der Waals surface area contributed by atoms with E-state index in [1.54, 1.807) is 0 Å². The van der Waals surface area contributed by atoms with E-state index in [1.807, 2.05) is 0 Å². The lowest BCUT2D eigenvalue weighted by molar-refractivity contribution is -0.114. The van der Waals surface area contributed by atoms with Crippen molar-refractivity contribution in [2.24, 2.45) is 20.4 Å². The van der Waals surface area contributed by atoms with Crippen molar-refractivity contribution in [2.45, 2.75) is 0 Å². The Kier molecular flexibility index (Phi) is 0.858. The maximum Gasteiger partial charge on any atom is 0.301 e. The summed E-state index contributed by atoms with van der Waals surface area (Å²) in [6.45, 7) is 0. The van der Waals surface area contributed by atoms with Crippen molar-refractivity contribution in [1.82, 2.24) is 0 Å². The molecule has 0 aromatic carbocycles. The number of aliphatic imine (C=N–C) groups is 1. The van der Waals surface area contributed by atoms with E-state index in [0.717, 1.165) is 0 Å². The van der Waals surface area contributed by atoms with Crippen LogP contribution in [0, 0.1) is 0 Å². The van der Waals surface area contributed by atoms with Crippen LogP contribution in [0.3, 0.4) is 0 Å². The molecule has 1 amide bonds. The Hall–Kier alpha value is -1.65. The Labute approximate surface area is 55.9 Å². The predicted octanol–water partition coefficient (Wildman–Crippen LogP) is 0.303. The van der Waals surface area contributed by atoms with Gasteiger partial charge in [0.15, 0.2) is 0 Å². The van der Waals surface area contributed by atoms with E-state index in [2.05, 4.69) is 20.4 Å². The summed E-state index contributed by atoms with van der Waals surface area (Å²) in [6.07, 6.45) is 2.91. The summed E-state index contributed by atoms with van der Waals surface area (Å²) in [5.74, 6) is -0.373. The fraction of sp³-hybridized carbons (Fsp3) is 0. The zero-order valence-corrected chi connectivity index (χ0v) is 4.85. The van der Waals surface area contributed by atoms with Crippen LogP contribution in [0.5, 0.6) is 0 Å². The zero-order chi connectivity index (χ0) is 6.97. The molecule has 5 heteroatoms. The molecule has 48 valence electrons. The molecule has 5 nitrogen and oxygen atoms in total. The van der Waals surface area contributed by atoms with Crippen LogP contribution < -0.4 is 0 Å². The second-order valence-corrected chi connectivity index (χ2v) is 1.80. The van der Waals surface area contributed by atoms with Crippen molar-refractivity contribution < 1.29 is 4.79 Å². The highest BCUT2D eigenvalue weighted by molar-refractivity contribution is 6.47. The van der Waals surface area contributed by atoms with Crippen LogP contribution >= 0.6 is 0 Å². The standard InChI is InChI=1S/C5H2N4O/c10-5-3-1-6-2-4(3)7-9-8-5/h1-2H. The summed E-state index contributed by atoms with van der Waals surface area (Å²) in [6, 6.07) is 0. The third kappa shape index (κ3) is 0.540. The molecule has 0 aliphatic carbocycles. The van der Waals surface area contributed by atoms with Gasteiger partial charge in [-0.3, -0.25) is 9.79 Å². The van der Waals surface area contributed by atoms with Crippen LogP contribution in [-0.4, -0.2) is 17.8 Å². The molecular formula is C5H2N4O. The van der Waals surface area contributed by atoms with Gasteiger partial charge in [0.25, 0.3) is 0 Å². The van der Waals surface area contributed by atoms with E-state index >= 15 is 0 Å². The molecule has 0 saturated heterocycles. The number of hydrogen-bond donors (Lipinski definition) is 0. The lowest BCUT2D eigenvalue weighted by Gasteiger charge is -1.96. The number of hydrogen-bond acceptors (Lipinski definition) is 4. The Morgan fingerprint density at radius 1 is 1.40 bits per heavy atom. The molecule has 0 N–H and O–H groups in total. The molecule has 0 atom stereocenters. The summed E-state index contributed by atoms with van der Waals surface area (Å²) in [5.41, 5.74) is 0.926. The first kappa shape index (κ1) is 5.16. The maximum atomic E-state index is 10.8. The second kappa shape index (κ2) is 1.66. The molecule has 10 heavy (non-hydrogen) atoms. The number of amides is 1. The summed E-state index contributed by atoms with van der Waals surface area (Å²) in [5, 5.41) is 10.0. The molecule has 0 radical (unpaired) electrons. The molecular weight excluding hydrogens is 132 g/mol. The summed E-state index contributed by atoms with van der Waals surface area (Å²) >= 11 is 0. The smallest absolute Gasteiger partial charge is 0.265 e. The summed E-state index contributed by atoms with van der Waals surface area (Å²) in [7, 11) is 0. The molecule has 0 saturated carbocycles. The first-order valence-corrected chi connectivity index (χ1v) is 2.65. The second-order valence-electron chi connectivity index (χ2n) is 1.80. The van der Waals surface area contributed by atoms with Crippen molar-refractivity contribution in [1.29, 1.82) is 0 Å². The Morgan fingerprint density at radius 2 is 2.30 bits per heavy atom. The lowest BCUT2D eigenvalue weighted by atomic mass is 10.2. The molecule has 2 rings (SSSR count). The molecule has 0 aromatic rings. The molecule has 2 aliphatic rings. The maximum absolute atomic E-state index is 10.8. The van der Waals surface area contributed by atoms with Crippen LogP contribution in [0.2, 0.25) is 0 Å². The van der Waals surface area contributed by atoms with E-state index in [0.29, 0.717) is 11.3 Å². The average molecular weight is 134 g/mol. The minimum atomic E-state index is -0.373. The highest BCUT2D eigenvalue weighted by atomic mass is 16.2. The Balaban J connectivity index is 2.54. The van der Waals surface area contributed by atoms with E-state index < -0.39 is 0 Å². The summed E-state index contributed by atoms with van der Waals surface area (Å²) < 4.78 is 0. The van der Waals surface area contributed by atoms with Crippen LogP contribution in [0.25, 0.3) is 0 Å². The fourth-order valence-electron chi connectivity index (χ4n) is 0.728. The normalized spacial score (nSPS) is 20.6. The van der Waals surface area contributed by atoms with Gasteiger partial charge in [0.2, 0.25) is 0 Å². The molecule has 2 aliphatic heterocycles. The van der Waals surface area contributed by atoms with Crippen molar-refractivity contribution >= 4 is 17.8 Å². The first-order chi connectivity index (χ1) is 4.88. The van der Waals surface area contributed by atoms with E-state index in [9.17, 15) is 4.79 Å². The van der Waals surface area contributed by atoms with Gasteiger partial charge in [-0.1, -0.05) is 5.11 Å². The predicted molar refractivity (Wildman–Crippen MR) is 33.9 cm³/mol. The van der Waals surface area contributed by atoms with Gasteiger partial charge in [-0.05, 0) is 5.22 Å². The molecule has 0 aromatic heterocycles. The van der Waals surface area contributed by atoms with Gasteiger partial charge in [0.1, 0.15) is 5.71 Å². The van der Waals surface area contributed by atoms with Crippen LogP contribution in [-0.2, 0) is 4.79 Å². The number of nitrogens with zero attached hydrogens (tertiary/aromatic N) is 4. The summed E-state index contributed by atoms with van der Waals surface area (Å²) in [4.78, 5) is 14.5. The van der Waals surface area contributed by atoms with Crippen molar-refractivity contribution in [3.05, 3.63) is 11.8 Å². The fourth-order valence-corrected chi connectivity index (χ4v) is 0.728. The topological polar surface area (TPSA) is 66.5 Å². The van der Waals surface area contributed by atoms with Gasteiger partial charge in [-0.2, -0.15) is 0 Å². The molecule has 0 unspecified atom stereocenters. The van der Waals surface area contributed by atoms with E-state index in [1.165, 1.54) is 12.4 Å². The van der Waals surface area contributed by atoms with Gasteiger partial charge < -0.3 is 0 Å². The quantitative estimate of drug-likeness (QED) is 0.469. The largest absolute Gasteiger partial charge is 0.301 e. The van der Waals surface area contributed by atoms with Gasteiger partial charge >= 0.3 is 5.91 Å². The van der Waals surface area contributed by atoms with Gasteiger partial charge in [-0.25, -0.2) is 0 Å². The molecule has 2 heterocycles. The number of carbonyl (C=O) groups is 1. The third-order valence-electron chi connectivity index (χ3n) is 1.19. The number of fused-ring (bicyclic) bond motifs is 1. The van der Waals surface area contributed by atoms with Crippen LogP contribution in [0.1, 0.15) is 0 Å². The molecule has 0 fully saturated rings. The van der Waals surface area contributed by atoms with Gasteiger partial charge in [0.05, 0.1) is 11.8 Å². The Morgan fingerprint density at radius 3 is 3.10 bits per heavy atom. The highest BCUT2D eigenvalue weighted by Gasteiger charge is 2.20. The SMILES string of the molecule is O=C1N=NN=C2C=NC=C12. The van der Waals surface area contributed by atoms with Crippen molar-refractivity contribution in [2.75, 3.05) is 0 Å². The third-order valence-corrected chi connectivity index (χ3v) is 1.19. The Bertz CT molecular complexity index is 304. The van der Waals surface area contributed by atoms with Crippen molar-refractivity contribution in [3.63, 3.8) is 0 Å². The monoisotopic (exact) mass is 134 g/mol.